The molecule has 0 aromatic heterocycles. The average molecular weight is 280 g/mol. The zero-order chi connectivity index (χ0) is 14.4. The summed E-state index contributed by atoms with van der Waals surface area (Å²) in [4.78, 5) is 25.6. The number of carbonyl (C=O) groups excluding carboxylic acids is 1. The lowest BCUT2D eigenvalue weighted by atomic mass is 9.81. The molecule has 1 heterocycles. The van der Waals surface area contributed by atoms with Crippen molar-refractivity contribution in [2.75, 3.05) is 19.6 Å². The minimum absolute atomic E-state index is 0.0697. The van der Waals surface area contributed by atoms with E-state index in [9.17, 15) is 14.7 Å². The Hall–Kier alpha value is -1.26. The van der Waals surface area contributed by atoms with Crippen LogP contribution in [0.3, 0.4) is 0 Å². The number of hydrogen-bond acceptors (Lipinski definition) is 2. The first-order valence-electron chi connectivity index (χ1n) is 7.78. The number of nitrogens with one attached hydrogen (secondary N) is 1. The molecule has 2 aliphatic carbocycles. The molecule has 3 aliphatic rings. The lowest BCUT2D eigenvalue weighted by Crippen LogP contribution is -2.43. The molecule has 20 heavy (non-hydrogen) atoms. The predicted molar refractivity (Wildman–Crippen MR) is 74.3 cm³/mol. The highest BCUT2D eigenvalue weighted by molar-refractivity contribution is 5.80. The van der Waals surface area contributed by atoms with Gasteiger partial charge in [-0.05, 0) is 43.4 Å². The van der Waals surface area contributed by atoms with Gasteiger partial charge in [-0.3, -0.25) is 4.79 Å². The predicted octanol–water partition coefficient (Wildman–Crippen LogP) is 2.07. The average Bonchev–Trinajstić information content (AvgIpc) is 2.93. The molecule has 2 amide bonds. The second kappa shape index (κ2) is 4.64. The number of nitrogens with zero attached hydrogens (tertiary/aromatic N) is 1. The minimum atomic E-state index is -0.720. The molecule has 5 nitrogen and oxygen atoms in total. The maximum Gasteiger partial charge on any atom is 0.317 e. The third-order valence-electron chi connectivity index (χ3n) is 5.91. The molecule has 2 N–H and O–H groups in total. The Morgan fingerprint density at radius 2 is 2.10 bits per heavy atom. The van der Waals surface area contributed by atoms with Gasteiger partial charge in [0.2, 0.25) is 0 Å². The molecule has 1 aliphatic heterocycles. The Labute approximate surface area is 119 Å². The molecule has 1 saturated heterocycles. The lowest BCUT2D eigenvalue weighted by Gasteiger charge is -2.24. The van der Waals surface area contributed by atoms with E-state index in [0.717, 1.165) is 32.2 Å². The van der Waals surface area contributed by atoms with Crippen molar-refractivity contribution in [3.05, 3.63) is 0 Å². The van der Waals surface area contributed by atoms with Gasteiger partial charge in [-0.1, -0.05) is 13.3 Å². The molecular formula is C15H24N2O3. The van der Waals surface area contributed by atoms with E-state index in [-0.39, 0.29) is 11.9 Å². The molecule has 0 spiro atoms. The highest BCUT2D eigenvalue weighted by atomic mass is 16.4. The van der Waals surface area contributed by atoms with Crippen molar-refractivity contribution in [1.82, 2.24) is 10.2 Å². The topological polar surface area (TPSA) is 69.6 Å². The Morgan fingerprint density at radius 1 is 1.35 bits per heavy atom. The SMILES string of the molecule is CCC1(CNC(=O)N2C[C@@H]3CCC[C@@]3(C(=O)O)C2)CC1. The summed E-state index contributed by atoms with van der Waals surface area (Å²) in [5, 5.41) is 12.5. The summed E-state index contributed by atoms with van der Waals surface area (Å²) in [5.74, 6) is -0.575. The Morgan fingerprint density at radius 3 is 2.65 bits per heavy atom. The maximum atomic E-state index is 12.3. The number of likely N-dealkylation sites (tertiary alicyclic amines) is 1. The standard InChI is InChI=1S/C15H24N2O3/c1-2-14(6-7-14)9-16-13(20)17-8-11-4-3-5-15(11,10-17)12(18)19/h11H,2-10H2,1H3,(H,16,20)(H,18,19)/t11-,15+/m0/s1. The molecule has 0 radical (unpaired) electrons. The van der Waals surface area contributed by atoms with Gasteiger partial charge < -0.3 is 15.3 Å². The normalized spacial score (nSPS) is 33.9. The summed E-state index contributed by atoms with van der Waals surface area (Å²) in [7, 11) is 0. The Kier molecular flexibility index (Phi) is 3.18. The van der Waals surface area contributed by atoms with Gasteiger partial charge in [-0.25, -0.2) is 4.79 Å². The molecule has 0 unspecified atom stereocenters. The highest BCUT2D eigenvalue weighted by Crippen LogP contribution is 2.49. The molecule has 5 heteroatoms. The summed E-state index contributed by atoms with van der Waals surface area (Å²) in [6.45, 7) is 3.90. The number of hydrogen-bond donors (Lipinski definition) is 2. The van der Waals surface area contributed by atoms with Crippen molar-refractivity contribution in [3.63, 3.8) is 0 Å². The molecule has 0 bridgehead atoms. The number of rotatable bonds is 4. The van der Waals surface area contributed by atoms with Crippen molar-refractivity contribution >= 4 is 12.0 Å². The van der Waals surface area contributed by atoms with E-state index in [1.165, 1.54) is 12.8 Å². The first-order chi connectivity index (χ1) is 9.51. The number of carbonyl (C=O) groups is 2. The van der Waals surface area contributed by atoms with Gasteiger partial charge in [0.05, 0.1) is 5.41 Å². The van der Waals surface area contributed by atoms with Crippen molar-refractivity contribution in [1.29, 1.82) is 0 Å². The molecular weight excluding hydrogens is 256 g/mol. The third-order valence-corrected chi connectivity index (χ3v) is 5.91. The Bertz CT molecular complexity index is 433. The molecule has 112 valence electrons. The van der Waals surface area contributed by atoms with Crippen LogP contribution in [0.1, 0.15) is 45.4 Å². The third kappa shape index (κ3) is 2.07. The van der Waals surface area contributed by atoms with Gasteiger partial charge in [-0.15, -0.1) is 0 Å². The van der Waals surface area contributed by atoms with Crippen molar-refractivity contribution in [3.8, 4) is 0 Å². The van der Waals surface area contributed by atoms with Crippen LogP contribution in [0.5, 0.6) is 0 Å². The largest absolute Gasteiger partial charge is 0.481 e. The van der Waals surface area contributed by atoms with Crippen molar-refractivity contribution in [2.24, 2.45) is 16.7 Å². The molecule has 0 aromatic rings. The fourth-order valence-electron chi connectivity index (χ4n) is 4.00. The van der Waals surface area contributed by atoms with Crippen LogP contribution < -0.4 is 5.32 Å². The number of urea groups is 1. The fraction of sp³-hybridized carbons (Fsp3) is 0.867. The summed E-state index contributed by atoms with van der Waals surface area (Å²) >= 11 is 0. The van der Waals surface area contributed by atoms with Gasteiger partial charge in [0, 0.05) is 19.6 Å². The van der Waals surface area contributed by atoms with Crippen LogP contribution in [-0.2, 0) is 4.79 Å². The minimum Gasteiger partial charge on any atom is -0.481 e. The monoisotopic (exact) mass is 280 g/mol. The Balaban J connectivity index is 1.59. The van der Waals surface area contributed by atoms with Crippen LogP contribution in [-0.4, -0.2) is 41.6 Å². The van der Waals surface area contributed by atoms with Gasteiger partial charge in [0.15, 0.2) is 0 Å². The van der Waals surface area contributed by atoms with Crippen molar-refractivity contribution in [2.45, 2.75) is 45.4 Å². The van der Waals surface area contributed by atoms with Gasteiger partial charge >= 0.3 is 12.0 Å². The first kappa shape index (κ1) is 13.7. The molecule has 0 aromatic carbocycles. The van der Waals surface area contributed by atoms with Crippen LogP contribution >= 0.6 is 0 Å². The van der Waals surface area contributed by atoms with Gasteiger partial charge in [0.25, 0.3) is 0 Å². The van der Waals surface area contributed by atoms with Crippen LogP contribution in [0.4, 0.5) is 4.79 Å². The van der Waals surface area contributed by atoms with Gasteiger partial charge in [0.1, 0.15) is 0 Å². The summed E-state index contributed by atoms with van der Waals surface area (Å²) in [6.07, 6.45) is 6.14. The smallest absolute Gasteiger partial charge is 0.317 e. The van der Waals surface area contributed by atoms with Crippen LogP contribution in [0.15, 0.2) is 0 Å². The van der Waals surface area contributed by atoms with E-state index >= 15 is 0 Å². The number of amides is 2. The van der Waals surface area contributed by atoms with Crippen molar-refractivity contribution < 1.29 is 14.7 Å². The first-order valence-corrected chi connectivity index (χ1v) is 7.78. The molecule has 3 rings (SSSR count). The molecule has 2 saturated carbocycles. The fourth-order valence-corrected chi connectivity index (χ4v) is 4.00. The zero-order valence-corrected chi connectivity index (χ0v) is 12.2. The maximum absolute atomic E-state index is 12.3. The van der Waals surface area contributed by atoms with E-state index in [4.69, 9.17) is 0 Å². The number of carboxylic acids is 1. The van der Waals surface area contributed by atoms with Gasteiger partial charge in [-0.2, -0.15) is 0 Å². The molecule has 2 atom stereocenters. The summed E-state index contributed by atoms with van der Waals surface area (Å²) < 4.78 is 0. The van der Waals surface area contributed by atoms with E-state index in [1.807, 2.05) is 0 Å². The summed E-state index contributed by atoms with van der Waals surface area (Å²) in [5.41, 5.74) is -0.338. The number of aliphatic carboxylic acids is 1. The van der Waals surface area contributed by atoms with E-state index in [1.54, 1.807) is 4.90 Å². The van der Waals surface area contributed by atoms with Crippen LogP contribution in [0, 0.1) is 16.7 Å². The lowest BCUT2D eigenvalue weighted by molar-refractivity contribution is -0.149. The summed E-state index contributed by atoms with van der Waals surface area (Å²) in [6, 6.07) is -0.0697. The number of carboxylic acid groups (broad SMARTS) is 1. The number of fused-ring (bicyclic) bond motifs is 1. The molecule has 3 fully saturated rings. The zero-order valence-electron chi connectivity index (χ0n) is 12.2. The second-order valence-electron chi connectivity index (χ2n) is 6.94. The van der Waals surface area contributed by atoms with E-state index in [2.05, 4.69) is 12.2 Å². The highest BCUT2D eigenvalue weighted by Gasteiger charge is 2.56. The van der Waals surface area contributed by atoms with Crippen LogP contribution in [0.25, 0.3) is 0 Å². The second-order valence-corrected chi connectivity index (χ2v) is 6.94. The van der Waals surface area contributed by atoms with E-state index in [0.29, 0.717) is 18.5 Å². The quantitative estimate of drug-likeness (QED) is 0.828. The van der Waals surface area contributed by atoms with E-state index < -0.39 is 11.4 Å². The van der Waals surface area contributed by atoms with Crippen LogP contribution in [0.2, 0.25) is 0 Å².